The fraction of sp³-hybridized carbons (Fsp3) is 0.0714. The minimum atomic E-state index is -0.478. The molecule has 5 heteroatoms. The third kappa shape index (κ3) is 3.23. The van der Waals surface area contributed by atoms with Gasteiger partial charge in [-0.3, -0.25) is 4.79 Å². The highest BCUT2D eigenvalue weighted by Gasteiger charge is 2.12. The van der Waals surface area contributed by atoms with Crippen molar-refractivity contribution in [2.24, 2.45) is 0 Å². The number of carbonyl (C=O) groups is 1. The summed E-state index contributed by atoms with van der Waals surface area (Å²) in [5, 5.41) is 2.64. The van der Waals surface area contributed by atoms with Gasteiger partial charge in [0.15, 0.2) is 0 Å². The molecule has 2 aromatic rings. The molecule has 3 nitrogen and oxygen atoms in total. The van der Waals surface area contributed by atoms with Crippen LogP contribution in [0.1, 0.15) is 15.9 Å². The second-order valence-corrected chi connectivity index (χ2v) is 5.24. The van der Waals surface area contributed by atoms with Crippen molar-refractivity contribution >= 4 is 39.9 Å². The van der Waals surface area contributed by atoms with Crippen LogP contribution in [-0.2, 0) is 0 Å². The number of nitrogens with one attached hydrogen (secondary N) is 1. The van der Waals surface area contributed by atoms with E-state index in [1.165, 1.54) is 18.2 Å². The summed E-state index contributed by atoms with van der Waals surface area (Å²) in [7, 11) is 0. The van der Waals surface area contributed by atoms with E-state index >= 15 is 0 Å². The van der Waals surface area contributed by atoms with Crippen LogP contribution < -0.4 is 11.1 Å². The summed E-state index contributed by atoms with van der Waals surface area (Å²) in [4.78, 5) is 12.1. The quantitative estimate of drug-likeness (QED) is 0.627. The molecular formula is C14H12FIN2O. The summed E-state index contributed by atoms with van der Waals surface area (Å²) in [5.41, 5.74) is 7.73. The molecule has 0 aliphatic heterocycles. The summed E-state index contributed by atoms with van der Waals surface area (Å²) in [6.45, 7) is 1.93. The number of aryl methyl sites for hydroxylation is 1. The first-order chi connectivity index (χ1) is 8.97. The Balaban J connectivity index is 2.28. The van der Waals surface area contributed by atoms with Crippen molar-refractivity contribution in [3.63, 3.8) is 0 Å². The SMILES string of the molecule is Cc1cccc(C(=O)Nc2cc(N)cc(F)c2)c1I. The van der Waals surface area contributed by atoms with Crippen LogP contribution in [-0.4, -0.2) is 5.91 Å². The number of hydrogen-bond donors (Lipinski definition) is 2. The van der Waals surface area contributed by atoms with E-state index in [4.69, 9.17) is 5.73 Å². The first kappa shape index (κ1) is 13.8. The number of anilines is 2. The van der Waals surface area contributed by atoms with Gasteiger partial charge in [-0.1, -0.05) is 12.1 Å². The Kier molecular flexibility index (Phi) is 4.04. The Bertz CT molecular complexity index is 623. The lowest BCUT2D eigenvalue weighted by molar-refractivity contribution is 0.102. The Hall–Kier alpha value is -1.63. The monoisotopic (exact) mass is 370 g/mol. The molecule has 19 heavy (non-hydrogen) atoms. The zero-order valence-corrected chi connectivity index (χ0v) is 12.4. The summed E-state index contributed by atoms with van der Waals surface area (Å²) < 4.78 is 14.1. The summed E-state index contributed by atoms with van der Waals surface area (Å²) >= 11 is 2.12. The standard InChI is InChI=1S/C14H12FIN2O/c1-8-3-2-4-12(13(8)16)14(19)18-11-6-9(15)5-10(17)7-11/h2-7H,17H2,1H3,(H,18,19). The molecule has 2 rings (SSSR count). The van der Waals surface area contributed by atoms with E-state index in [0.29, 0.717) is 11.3 Å². The minimum Gasteiger partial charge on any atom is -0.399 e. The third-order valence-electron chi connectivity index (χ3n) is 2.61. The van der Waals surface area contributed by atoms with Crippen LogP contribution in [0.5, 0.6) is 0 Å². The molecule has 0 aromatic heterocycles. The highest BCUT2D eigenvalue weighted by atomic mass is 127. The van der Waals surface area contributed by atoms with Gasteiger partial charge in [-0.25, -0.2) is 4.39 Å². The lowest BCUT2D eigenvalue weighted by Crippen LogP contribution is -2.14. The van der Waals surface area contributed by atoms with Gasteiger partial charge in [0.1, 0.15) is 5.82 Å². The second kappa shape index (κ2) is 5.56. The zero-order chi connectivity index (χ0) is 14.0. The minimum absolute atomic E-state index is 0.272. The Labute approximate surface area is 124 Å². The van der Waals surface area contributed by atoms with Crippen LogP contribution >= 0.6 is 22.6 Å². The number of amides is 1. The van der Waals surface area contributed by atoms with Gasteiger partial charge in [0, 0.05) is 14.9 Å². The lowest BCUT2D eigenvalue weighted by Gasteiger charge is -2.09. The van der Waals surface area contributed by atoms with Gasteiger partial charge in [0.2, 0.25) is 0 Å². The smallest absolute Gasteiger partial charge is 0.256 e. The van der Waals surface area contributed by atoms with Crippen molar-refractivity contribution < 1.29 is 9.18 Å². The molecular weight excluding hydrogens is 358 g/mol. The molecule has 0 spiro atoms. The van der Waals surface area contributed by atoms with E-state index < -0.39 is 5.82 Å². The van der Waals surface area contributed by atoms with E-state index in [1.807, 2.05) is 19.1 Å². The second-order valence-electron chi connectivity index (χ2n) is 4.16. The number of benzene rings is 2. The van der Waals surface area contributed by atoms with E-state index in [2.05, 4.69) is 27.9 Å². The molecule has 1 amide bonds. The maximum absolute atomic E-state index is 13.2. The van der Waals surface area contributed by atoms with E-state index in [1.54, 1.807) is 6.07 Å². The lowest BCUT2D eigenvalue weighted by atomic mass is 10.1. The average Bonchev–Trinajstić information content (AvgIpc) is 2.31. The number of nitrogens with two attached hydrogens (primary N) is 1. The van der Waals surface area contributed by atoms with Crippen molar-refractivity contribution in [3.8, 4) is 0 Å². The number of hydrogen-bond acceptors (Lipinski definition) is 2. The summed E-state index contributed by atoms with van der Waals surface area (Å²) in [6.07, 6.45) is 0. The fourth-order valence-corrected chi connectivity index (χ4v) is 2.31. The Morgan fingerprint density at radius 2 is 2.05 bits per heavy atom. The molecule has 3 N–H and O–H groups in total. The van der Waals surface area contributed by atoms with Crippen molar-refractivity contribution in [2.75, 3.05) is 11.1 Å². The summed E-state index contributed by atoms with van der Waals surface area (Å²) in [6, 6.07) is 9.42. The first-order valence-corrected chi connectivity index (χ1v) is 6.68. The maximum Gasteiger partial charge on any atom is 0.256 e. The van der Waals surface area contributed by atoms with Crippen molar-refractivity contribution in [3.05, 3.63) is 56.9 Å². The van der Waals surface area contributed by atoms with Crippen LogP contribution in [0, 0.1) is 16.3 Å². The van der Waals surface area contributed by atoms with Gasteiger partial charge >= 0.3 is 0 Å². The van der Waals surface area contributed by atoms with Crippen LogP contribution in [0.25, 0.3) is 0 Å². The van der Waals surface area contributed by atoms with Crippen LogP contribution in [0.2, 0.25) is 0 Å². The number of carbonyl (C=O) groups excluding carboxylic acids is 1. The Morgan fingerprint density at radius 1 is 1.32 bits per heavy atom. The van der Waals surface area contributed by atoms with E-state index in [0.717, 1.165) is 9.13 Å². The van der Waals surface area contributed by atoms with Gasteiger partial charge in [-0.2, -0.15) is 0 Å². The van der Waals surface area contributed by atoms with Crippen LogP contribution in [0.15, 0.2) is 36.4 Å². The maximum atomic E-state index is 13.2. The molecule has 0 aliphatic carbocycles. The van der Waals surface area contributed by atoms with Gasteiger partial charge in [-0.05, 0) is 59.3 Å². The van der Waals surface area contributed by atoms with Crippen molar-refractivity contribution in [1.82, 2.24) is 0 Å². The molecule has 0 unspecified atom stereocenters. The Morgan fingerprint density at radius 3 is 2.74 bits per heavy atom. The summed E-state index contributed by atoms with van der Waals surface area (Å²) in [5.74, 6) is -0.757. The van der Waals surface area contributed by atoms with Crippen LogP contribution in [0.4, 0.5) is 15.8 Å². The van der Waals surface area contributed by atoms with Gasteiger partial charge in [-0.15, -0.1) is 0 Å². The molecule has 0 saturated heterocycles. The molecule has 0 heterocycles. The molecule has 98 valence electrons. The number of halogens is 2. The van der Waals surface area contributed by atoms with Crippen molar-refractivity contribution in [2.45, 2.75) is 6.92 Å². The van der Waals surface area contributed by atoms with E-state index in [9.17, 15) is 9.18 Å². The predicted molar refractivity (Wildman–Crippen MR) is 82.7 cm³/mol. The number of rotatable bonds is 2. The molecule has 0 atom stereocenters. The molecule has 0 aliphatic rings. The van der Waals surface area contributed by atoms with Crippen molar-refractivity contribution in [1.29, 1.82) is 0 Å². The normalized spacial score (nSPS) is 10.3. The molecule has 0 fully saturated rings. The molecule has 0 saturated carbocycles. The van der Waals surface area contributed by atoms with E-state index in [-0.39, 0.29) is 11.6 Å². The van der Waals surface area contributed by atoms with Gasteiger partial charge < -0.3 is 11.1 Å². The molecule has 0 bridgehead atoms. The number of nitrogen functional groups attached to an aromatic ring is 1. The topological polar surface area (TPSA) is 55.1 Å². The first-order valence-electron chi connectivity index (χ1n) is 5.60. The highest BCUT2D eigenvalue weighted by Crippen LogP contribution is 2.20. The fourth-order valence-electron chi connectivity index (χ4n) is 1.71. The van der Waals surface area contributed by atoms with Gasteiger partial charge in [0.25, 0.3) is 5.91 Å². The van der Waals surface area contributed by atoms with Crippen LogP contribution in [0.3, 0.4) is 0 Å². The third-order valence-corrected chi connectivity index (χ3v) is 4.05. The average molecular weight is 370 g/mol. The van der Waals surface area contributed by atoms with Gasteiger partial charge in [0.05, 0.1) is 5.56 Å². The highest BCUT2D eigenvalue weighted by molar-refractivity contribution is 14.1. The molecule has 2 aromatic carbocycles. The predicted octanol–water partition coefficient (Wildman–Crippen LogP) is 3.57. The largest absolute Gasteiger partial charge is 0.399 e. The molecule has 0 radical (unpaired) electrons. The zero-order valence-electron chi connectivity index (χ0n) is 10.2.